The largest absolute Gasteiger partial charge is 0.492 e. The van der Waals surface area contributed by atoms with Crippen molar-refractivity contribution < 1.29 is 9.47 Å². The van der Waals surface area contributed by atoms with Crippen LogP contribution < -0.4 is 10.1 Å². The molecule has 26 heavy (non-hydrogen) atoms. The lowest BCUT2D eigenvalue weighted by Crippen LogP contribution is -2.40. The molecule has 1 fully saturated rings. The molecule has 1 aromatic carbocycles. The van der Waals surface area contributed by atoms with Gasteiger partial charge in [-0.25, -0.2) is 4.99 Å². The summed E-state index contributed by atoms with van der Waals surface area (Å²) in [5.41, 5.74) is 1.48. The first-order valence-electron chi connectivity index (χ1n) is 9.69. The van der Waals surface area contributed by atoms with E-state index < -0.39 is 0 Å². The highest BCUT2D eigenvalue weighted by atomic mass is 16.5. The van der Waals surface area contributed by atoms with E-state index in [2.05, 4.69) is 50.0 Å². The second-order valence-corrected chi connectivity index (χ2v) is 7.91. The number of methoxy groups -OCH3 is 1. The molecule has 0 radical (unpaired) electrons. The van der Waals surface area contributed by atoms with E-state index in [0.717, 1.165) is 44.4 Å². The third-order valence-corrected chi connectivity index (χ3v) is 4.66. The van der Waals surface area contributed by atoms with Crippen LogP contribution in [0.25, 0.3) is 0 Å². The molecule has 1 unspecified atom stereocenters. The quantitative estimate of drug-likeness (QED) is 0.460. The molecule has 0 saturated carbocycles. The maximum Gasteiger partial charge on any atom is 0.194 e. The van der Waals surface area contributed by atoms with Gasteiger partial charge in [0.2, 0.25) is 0 Å². The monoisotopic (exact) mass is 361 g/mol. The minimum absolute atomic E-state index is 0.167. The van der Waals surface area contributed by atoms with E-state index in [-0.39, 0.29) is 5.41 Å². The van der Waals surface area contributed by atoms with Crippen LogP contribution in [0.2, 0.25) is 0 Å². The van der Waals surface area contributed by atoms with E-state index in [9.17, 15) is 0 Å². The summed E-state index contributed by atoms with van der Waals surface area (Å²) >= 11 is 0. The van der Waals surface area contributed by atoms with Gasteiger partial charge < -0.3 is 19.7 Å². The molecule has 0 amide bonds. The van der Waals surface area contributed by atoms with Gasteiger partial charge in [-0.15, -0.1) is 0 Å². The van der Waals surface area contributed by atoms with Crippen LogP contribution in [-0.4, -0.2) is 57.4 Å². The molecular formula is C21H35N3O2. The Kier molecular flexibility index (Phi) is 7.76. The van der Waals surface area contributed by atoms with E-state index in [1.165, 1.54) is 5.56 Å². The topological polar surface area (TPSA) is 46.1 Å². The predicted molar refractivity (Wildman–Crippen MR) is 108 cm³/mol. The van der Waals surface area contributed by atoms with Crippen molar-refractivity contribution in [3.63, 3.8) is 0 Å². The van der Waals surface area contributed by atoms with E-state index in [1.807, 2.05) is 12.1 Å². The number of rotatable bonds is 7. The Morgan fingerprint density at radius 2 is 2.00 bits per heavy atom. The van der Waals surface area contributed by atoms with Crippen LogP contribution in [0.5, 0.6) is 5.75 Å². The van der Waals surface area contributed by atoms with Crippen molar-refractivity contribution >= 4 is 5.96 Å². The predicted octanol–water partition coefficient (Wildman–Crippen LogP) is 3.30. The summed E-state index contributed by atoms with van der Waals surface area (Å²) < 4.78 is 11.1. The number of guanidine groups is 1. The summed E-state index contributed by atoms with van der Waals surface area (Å²) in [6.45, 7) is 13.7. The van der Waals surface area contributed by atoms with Crippen LogP contribution in [0.1, 0.15) is 39.7 Å². The number of likely N-dealkylation sites (tertiary alicyclic amines) is 1. The van der Waals surface area contributed by atoms with Crippen molar-refractivity contribution in [1.29, 1.82) is 0 Å². The fourth-order valence-corrected chi connectivity index (χ4v) is 3.19. The van der Waals surface area contributed by atoms with Gasteiger partial charge in [0.1, 0.15) is 12.4 Å². The van der Waals surface area contributed by atoms with Crippen LogP contribution >= 0.6 is 0 Å². The molecule has 0 aliphatic carbocycles. The average molecular weight is 362 g/mol. The Hall–Kier alpha value is -1.75. The first-order chi connectivity index (χ1) is 12.4. The zero-order valence-corrected chi connectivity index (χ0v) is 17.0. The molecule has 5 heteroatoms. The molecule has 2 rings (SSSR count). The van der Waals surface area contributed by atoms with Crippen LogP contribution in [0, 0.1) is 5.92 Å². The number of benzene rings is 1. The third-order valence-electron chi connectivity index (χ3n) is 4.66. The number of nitrogens with zero attached hydrogens (tertiary/aromatic N) is 2. The first-order valence-corrected chi connectivity index (χ1v) is 9.69. The zero-order valence-electron chi connectivity index (χ0n) is 17.0. The van der Waals surface area contributed by atoms with E-state index in [4.69, 9.17) is 14.5 Å². The summed E-state index contributed by atoms with van der Waals surface area (Å²) in [5.74, 6) is 2.48. The Balaban J connectivity index is 1.83. The number of nitrogens with one attached hydrogen (secondary N) is 1. The molecular weight excluding hydrogens is 326 g/mol. The molecule has 1 aliphatic rings. The number of hydrogen-bond acceptors (Lipinski definition) is 3. The minimum atomic E-state index is 0.167. The fraction of sp³-hybridized carbons (Fsp3) is 0.667. The van der Waals surface area contributed by atoms with Crippen molar-refractivity contribution in [2.75, 3.05) is 46.5 Å². The van der Waals surface area contributed by atoms with Gasteiger partial charge in [-0.05, 0) is 36.5 Å². The molecule has 1 N–H and O–H groups in total. The van der Waals surface area contributed by atoms with Crippen LogP contribution in [0.15, 0.2) is 29.3 Å². The molecule has 146 valence electrons. The van der Waals surface area contributed by atoms with Gasteiger partial charge >= 0.3 is 0 Å². The number of hydrogen-bond donors (Lipinski definition) is 1. The summed E-state index contributed by atoms with van der Waals surface area (Å²) in [7, 11) is 1.77. The van der Waals surface area contributed by atoms with E-state index in [1.54, 1.807) is 7.11 Å². The van der Waals surface area contributed by atoms with Crippen LogP contribution in [0.4, 0.5) is 0 Å². The lowest BCUT2D eigenvalue weighted by atomic mass is 9.87. The first kappa shape index (κ1) is 20.6. The summed E-state index contributed by atoms with van der Waals surface area (Å²) in [4.78, 5) is 7.05. The van der Waals surface area contributed by atoms with E-state index >= 15 is 0 Å². The highest BCUT2D eigenvalue weighted by Gasteiger charge is 2.24. The maximum absolute atomic E-state index is 5.85. The molecule has 0 aromatic heterocycles. The van der Waals surface area contributed by atoms with Gasteiger partial charge in [-0.1, -0.05) is 32.9 Å². The zero-order chi connectivity index (χ0) is 19.0. The number of aliphatic imine (C=N–C) groups is 1. The van der Waals surface area contributed by atoms with Crippen LogP contribution in [0.3, 0.4) is 0 Å². The van der Waals surface area contributed by atoms with E-state index in [0.29, 0.717) is 19.1 Å². The molecule has 1 atom stereocenters. The minimum Gasteiger partial charge on any atom is -0.492 e. The Morgan fingerprint density at radius 1 is 1.27 bits per heavy atom. The molecule has 1 aliphatic heterocycles. The molecule has 0 bridgehead atoms. The molecule has 1 saturated heterocycles. The van der Waals surface area contributed by atoms with Crippen molar-refractivity contribution in [2.24, 2.45) is 10.9 Å². The molecule has 1 aromatic rings. The summed E-state index contributed by atoms with van der Waals surface area (Å²) in [6, 6.07) is 8.38. The second-order valence-electron chi connectivity index (χ2n) is 7.91. The van der Waals surface area contributed by atoms with Crippen LogP contribution in [-0.2, 0) is 10.2 Å². The van der Waals surface area contributed by atoms with Gasteiger partial charge in [0.15, 0.2) is 5.96 Å². The highest BCUT2D eigenvalue weighted by molar-refractivity contribution is 5.80. The van der Waals surface area contributed by atoms with Gasteiger partial charge in [0, 0.05) is 32.7 Å². The Bertz CT molecular complexity index is 564. The Morgan fingerprint density at radius 3 is 2.62 bits per heavy atom. The number of ether oxygens (including phenoxy) is 2. The third kappa shape index (κ3) is 6.20. The molecule has 1 heterocycles. The smallest absolute Gasteiger partial charge is 0.194 e. The molecule has 0 spiro atoms. The SMILES string of the molecule is CCNC(=NCCOc1ccc(C(C)(C)C)cc1)N1CCC(COC)C1. The van der Waals surface area contributed by atoms with Crippen molar-refractivity contribution in [3.8, 4) is 5.75 Å². The normalized spacial score (nSPS) is 18.3. The van der Waals surface area contributed by atoms with Gasteiger partial charge in [-0.3, -0.25) is 0 Å². The van der Waals surface area contributed by atoms with Crippen molar-refractivity contribution in [2.45, 2.75) is 39.5 Å². The second kappa shape index (κ2) is 9.81. The summed E-state index contributed by atoms with van der Waals surface area (Å²) in [5, 5.41) is 3.39. The standard InChI is InChI=1S/C21H35N3O2/c1-6-22-20(24-13-11-17(15-24)16-25-5)23-12-14-26-19-9-7-18(8-10-19)21(2,3)4/h7-10,17H,6,11-16H2,1-5H3,(H,22,23). The van der Waals surface area contributed by atoms with Gasteiger partial charge in [0.25, 0.3) is 0 Å². The fourth-order valence-electron chi connectivity index (χ4n) is 3.19. The maximum atomic E-state index is 5.85. The Labute approximate surface area is 158 Å². The average Bonchev–Trinajstić information content (AvgIpc) is 3.06. The van der Waals surface area contributed by atoms with Gasteiger partial charge in [-0.2, -0.15) is 0 Å². The van der Waals surface area contributed by atoms with Crippen molar-refractivity contribution in [3.05, 3.63) is 29.8 Å². The van der Waals surface area contributed by atoms with Crippen molar-refractivity contribution in [1.82, 2.24) is 10.2 Å². The lowest BCUT2D eigenvalue weighted by molar-refractivity contribution is 0.157. The lowest BCUT2D eigenvalue weighted by Gasteiger charge is -2.21. The highest BCUT2D eigenvalue weighted by Crippen LogP contribution is 2.24. The molecule has 5 nitrogen and oxygen atoms in total. The van der Waals surface area contributed by atoms with Gasteiger partial charge in [0.05, 0.1) is 13.2 Å². The summed E-state index contributed by atoms with van der Waals surface area (Å²) in [6.07, 6.45) is 1.16.